The van der Waals surface area contributed by atoms with E-state index in [0.717, 1.165) is 0 Å². The van der Waals surface area contributed by atoms with Crippen molar-refractivity contribution in [3.63, 3.8) is 0 Å². The molecular weight excluding hydrogens is 258 g/mol. The number of amides is 1. The summed E-state index contributed by atoms with van der Waals surface area (Å²) in [5.41, 5.74) is 5.90. The van der Waals surface area contributed by atoms with Crippen LogP contribution >= 0.6 is 11.6 Å². The lowest BCUT2D eigenvalue weighted by molar-refractivity contribution is -0.126. The smallest absolute Gasteiger partial charge is 0.337 e. The van der Waals surface area contributed by atoms with E-state index in [0.29, 0.717) is 0 Å². The third-order valence-electron chi connectivity index (χ3n) is 2.26. The number of hydrogen-bond donors (Lipinski definition) is 3. The molecular formula is C11H14ClN3O3. The van der Waals surface area contributed by atoms with E-state index in [2.05, 4.69) is 5.32 Å². The number of carbonyl (C=O) groups excluding carboxylic acids is 1. The third kappa shape index (κ3) is 3.27. The lowest BCUT2D eigenvalue weighted by atomic mass is 10.1. The van der Waals surface area contributed by atoms with Gasteiger partial charge in [-0.1, -0.05) is 11.6 Å². The molecule has 0 radical (unpaired) electrons. The average Bonchev–Trinajstić information content (AvgIpc) is 2.26. The monoisotopic (exact) mass is 271 g/mol. The highest BCUT2D eigenvalue weighted by molar-refractivity contribution is 6.34. The SMILES string of the molecule is CN(C)C(=O)CNc1c(Cl)cc(N)cc1C(=O)O. The van der Waals surface area contributed by atoms with Gasteiger partial charge in [0.1, 0.15) is 0 Å². The van der Waals surface area contributed by atoms with Gasteiger partial charge < -0.3 is 21.1 Å². The van der Waals surface area contributed by atoms with Gasteiger partial charge in [-0.05, 0) is 12.1 Å². The fourth-order valence-electron chi connectivity index (χ4n) is 1.30. The zero-order valence-electron chi connectivity index (χ0n) is 10.0. The van der Waals surface area contributed by atoms with Crippen LogP contribution in [0.25, 0.3) is 0 Å². The molecule has 0 saturated heterocycles. The number of halogens is 1. The molecule has 0 heterocycles. The Kier molecular flexibility index (Phi) is 4.38. The first-order chi connectivity index (χ1) is 8.32. The van der Waals surface area contributed by atoms with Crippen LogP contribution < -0.4 is 11.1 Å². The zero-order chi connectivity index (χ0) is 13.9. The Labute approximate surface area is 109 Å². The van der Waals surface area contributed by atoms with Crippen molar-refractivity contribution < 1.29 is 14.7 Å². The predicted octanol–water partition coefficient (Wildman–Crippen LogP) is 1.12. The van der Waals surface area contributed by atoms with Gasteiger partial charge in [-0.25, -0.2) is 4.79 Å². The van der Waals surface area contributed by atoms with Crippen LogP contribution in [0.3, 0.4) is 0 Å². The summed E-state index contributed by atoms with van der Waals surface area (Å²) < 4.78 is 0. The molecule has 0 aromatic heterocycles. The maximum absolute atomic E-state index is 11.4. The summed E-state index contributed by atoms with van der Waals surface area (Å²) in [5.74, 6) is -1.36. The molecule has 6 nitrogen and oxygen atoms in total. The molecule has 0 atom stereocenters. The van der Waals surface area contributed by atoms with Crippen molar-refractivity contribution >= 4 is 34.9 Å². The largest absolute Gasteiger partial charge is 0.478 e. The standard InChI is InChI=1S/C11H14ClN3O3/c1-15(2)9(16)5-14-10-7(11(17)18)3-6(13)4-8(10)12/h3-4,14H,5,13H2,1-2H3,(H,17,18). The van der Waals surface area contributed by atoms with Crippen molar-refractivity contribution in [1.29, 1.82) is 0 Å². The second kappa shape index (κ2) is 5.59. The van der Waals surface area contributed by atoms with E-state index >= 15 is 0 Å². The Hall–Kier alpha value is -1.95. The molecule has 1 rings (SSSR count). The summed E-state index contributed by atoms with van der Waals surface area (Å²) in [7, 11) is 3.21. The van der Waals surface area contributed by atoms with Crippen LogP contribution in [0.4, 0.5) is 11.4 Å². The van der Waals surface area contributed by atoms with Crippen molar-refractivity contribution in [3.8, 4) is 0 Å². The Bertz CT molecular complexity index is 489. The third-order valence-corrected chi connectivity index (χ3v) is 2.56. The molecule has 1 amide bonds. The molecule has 1 aromatic carbocycles. The number of benzene rings is 1. The molecule has 0 unspecified atom stereocenters. The summed E-state index contributed by atoms with van der Waals surface area (Å²) in [4.78, 5) is 23.9. The van der Waals surface area contributed by atoms with Crippen LogP contribution in [0.1, 0.15) is 10.4 Å². The van der Waals surface area contributed by atoms with Gasteiger partial charge in [-0.15, -0.1) is 0 Å². The van der Waals surface area contributed by atoms with Gasteiger partial charge in [0.05, 0.1) is 22.8 Å². The van der Waals surface area contributed by atoms with Gasteiger partial charge in [0.15, 0.2) is 0 Å². The van der Waals surface area contributed by atoms with Crippen LogP contribution in [0.2, 0.25) is 5.02 Å². The van der Waals surface area contributed by atoms with E-state index < -0.39 is 5.97 Å². The van der Waals surface area contributed by atoms with E-state index in [4.69, 9.17) is 22.4 Å². The van der Waals surface area contributed by atoms with Gasteiger partial charge in [-0.2, -0.15) is 0 Å². The summed E-state index contributed by atoms with van der Waals surface area (Å²) in [6, 6.07) is 2.72. The van der Waals surface area contributed by atoms with Crippen molar-refractivity contribution in [2.24, 2.45) is 0 Å². The Morgan fingerprint density at radius 3 is 2.56 bits per heavy atom. The number of likely N-dealkylation sites (N-methyl/N-ethyl adjacent to an activating group) is 1. The first-order valence-electron chi connectivity index (χ1n) is 5.09. The number of nitrogens with one attached hydrogen (secondary N) is 1. The summed E-state index contributed by atoms with van der Waals surface area (Å²) in [6.45, 7) is -0.0447. The Morgan fingerprint density at radius 1 is 1.44 bits per heavy atom. The van der Waals surface area contributed by atoms with E-state index in [9.17, 15) is 9.59 Å². The molecule has 0 saturated carbocycles. The number of carboxylic acids is 1. The fraction of sp³-hybridized carbons (Fsp3) is 0.273. The number of rotatable bonds is 4. The molecule has 7 heteroatoms. The van der Waals surface area contributed by atoms with Crippen molar-refractivity contribution in [3.05, 3.63) is 22.7 Å². The maximum Gasteiger partial charge on any atom is 0.337 e. The molecule has 4 N–H and O–H groups in total. The highest BCUT2D eigenvalue weighted by Gasteiger charge is 2.15. The minimum absolute atomic E-state index is 0.0447. The van der Waals surface area contributed by atoms with E-state index in [-0.39, 0.29) is 34.4 Å². The number of aromatic carboxylic acids is 1. The number of nitrogen functional groups attached to an aromatic ring is 1. The van der Waals surface area contributed by atoms with Gasteiger partial charge >= 0.3 is 5.97 Å². The van der Waals surface area contributed by atoms with Gasteiger partial charge in [0.2, 0.25) is 5.91 Å². The van der Waals surface area contributed by atoms with Crippen molar-refractivity contribution in [1.82, 2.24) is 4.90 Å². The summed E-state index contributed by atoms with van der Waals surface area (Å²) in [6.07, 6.45) is 0. The second-order valence-corrected chi connectivity index (χ2v) is 4.28. The lowest BCUT2D eigenvalue weighted by Crippen LogP contribution is -2.29. The van der Waals surface area contributed by atoms with E-state index in [1.54, 1.807) is 14.1 Å². The quantitative estimate of drug-likeness (QED) is 0.713. The highest BCUT2D eigenvalue weighted by Crippen LogP contribution is 2.29. The Morgan fingerprint density at radius 2 is 2.06 bits per heavy atom. The van der Waals surface area contributed by atoms with Gasteiger partial charge in [0, 0.05) is 19.8 Å². The summed E-state index contributed by atoms with van der Waals surface area (Å²) in [5, 5.41) is 11.9. The normalized spacial score (nSPS) is 9.94. The average molecular weight is 272 g/mol. The van der Waals surface area contributed by atoms with Crippen LogP contribution in [0, 0.1) is 0 Å². The highest BCUT2D eigenvalue weighted by atomic mass is 35.5. The molecule has 0 spiro atoms. The zero-order valence-corrected chi connectivity index (χ0v) is 10.8. The molecule has 0 aliphatic heterocycles. The molecule has 98 valence electrons. The predicted molar refractivity (Wildman–Crippen MR) is 70.0 cm³/mol. The first kappa shape index (κ1) is 14.1. The molecule has 0 aliphatic carbocycles. The molecule has 0 aliphatic rings. The van der Waals surface area contributed by atoms with Crippen LogP contribution in [0.5, 0.6) is 0 Å². The number of nitrogens with two attached hydrogens (primary N) is 1. The molecule has 1 aromatic rings. The van der Waals surface area contributed by atoms with Gasteiger partial charge in [-0.3, -0.25) is 4.79 Å². The summed E-state index contributed by atoms with van der Waals surface area (Å²) >= 11 is 5.91. The molecule has 0 bridgehead atoms. The number of anilines is 2. The Balaban J connectivity index is 3.01. The van der Waals surface area contributed by atoms with Crippen LogP contribution in [-0.4, -0.2) is 42.5 Å². The van der Waals surface area contributed by atoms with Gasteiger partial charge in [0.25, 0.3) is 0 Å². The minimum Gasteiger partial charge on any atom is -0.478 e. The van der Waals surface area contributed by atoms with E-state index in [1.165, 1.54) is 17.0 Å². The first-order valence-corrected chi connectivity index (χ1v) is 5.47. The number of carbonyl (C=O) groups is 2. The molecule has 18 heavy (non-hydrogen) atoms. The van der Waals surface area contributed by atoms with Crippen LogP contribution in [-0.2, 0) is 4.79 Å². The van der Waals surface area contributed by atoms with E-state index in [1.807, 2.05) is 0 Å². The van der Waals surface area contributed by atoms with Crippen LogP contribution in [0.15, 0.2) is 12.1 Å². The number of carboxylic acid groups (broad SMARTS) is 1. The number of nitrogens with zero attached hydrogens (tertiary/aromatic N) is 1. The fourth-order valence-corrected chi connectivity index (χ4v) is 1.59. The maximum atomic E-state index is 11.4. The lowest BCUT2D eigenvalue weighted by Gasteiger charge is -2.14. The second-order valence-electron chi connectivity index (χ2n) is 3.87. The molecule has 0 fully saturated rings. The van der Waals surface area contributed by atoms with Crippen molar-refractivity contribution in [2.75, 3.05) is 31.7 Å². The number of hydrogen-bond acceptors (Lipinski definition) is 4. The van der Waals surface area contributed by atoms with Crippen molar-refractivity contribution in [2.45, 2.75) is 0 Å². The minimum atomic E-state index is -1.16. The topological polar surface area (TPSA) is 95.7 Å².